The number of nitrogens with one attached hydrogen (secondary N) is 1. The fraction of sp³-hybridized carbons (Fsp3) is 0.308. The summed E-state index contributed by atoms with van der Waals surface area (Å²) in [6, 6.07) is 8.67. The number of amides is 1. The van der Waals surface area contributed by atoms with Gasteiger partial charge in [0.25, 0.3) is 5.91 Å². The predicted octanol–water partition coefficient (Wildman–Crippen LogP) is 4.66. The van der Waals surface area contributed by atoms with Crippen molar-refractivity contribution in [3.63, 3.8) is 0 Å². The maximum atomic E-state index is 13.5. The Morgan fingerprint density at radius 3 is 2.51 bits per heavy atom. The Labute approximate surface area is 212 Å². The first kappa shape index (κ1) is 26.1. The normalized spacial score (nSPS) is 11.8. The first-order valence-electron chi connectivity index (χ1n) is 11.6. The maximum Gasteiger partial charge on any atom is 0.416 e. The molecule has 1 N–H and O–H groups in total. The van der Waals surface area contributed by atoms with Crippen molar-refractivity contribution in [1.29, 1.82) is 0 Å². The number of carbonyl (C=O) groups excluding carboxylic acids is 1. The van der Waals surface area contributed by atoms with Gasteiger partial charge in [0, 0.05) is 36.1 Å². The van der Waals surface area contributed by atoms with E-state index in [1.807, 2.05) is 39.9 Å². The minimum Gasteiger partial charge on any atom is -0.322 e. The third kappa shape index (κ3) is 5.88. The highest BCUT2D eigenvalue weighted by Gasteiger charge is 2.31. The number of rotatable bonds is 7. The van der Waals surface area contributed by atoms with Gasteiger partial charge in [0.05, 0.1) is 23.6 Å². The highest BCUT2D eigenvalue weighted by atomic mass is 19.4. The fourth-order valence-electron chi connectivity index (χ4n) is 3.88. The molecule has 0 atom stereocenters. The van der Waals surface area contributed by atoms with Crippen LogP contribution < -0.4 is 5.32 Å². The largest absolute Gasteiger partial charge is 0.416 e. The molecule has 0 bridgehead atoms. The molecule has 2 heterocycles. The van der Waals surface area contributed by atoms with Gasteiger partial charge >= 0.3 is 6.18 Å². The smallest absolute Gasteiger partial charge is 0.322 e. The number of aryl methyl sites for hydroxylation is 2. The summed E-state index contributed by atoms with van der Waals surface area (Å²) in [6.07, 6.45) is -0.651. The van der Waals surface area contributed by atoms with E-state index in [2.05, 4.69) is 20.7 Å². The van der Waals surface area contributed by atoms with Crippen molar-refractivity contribution in [1.82, 2.24) is 29.7 Å². The SMILES string of the molecule is Cc1ccc(C(=O)Nc2cc(CCN(C)C)cc(C(F)(F)F)c2)cc1-n1cc(-c2cnn(C)c2C)nn1. The molecule has 0 radical (unpaired) electrons. The number of likely N-dealkylation sites (N-methyl/N-ethyl adjacent to an activating group) is 1. The Balaban J connectivity index is 1.61. The van der Waals surface area contributed by atoms with Gasteiger partial charge in [-0.15, -0.1) is 5.10 Å². The molecular formula is C26H28F3N7O. The van der Waals surface area contributed by atoms with E-state index in [0.29, 0.717) is 29.9 Å². The molecule has 0 spiro atoms. The molecule has 0 unspecified atom stereocenters. The van der Waals surface area contributed by atoms with Crippen molar-refractivity contribution in [2.45, 2.75) is 26.4 Å². The average molecular weight is 512 g/mol. The summed E-state index contributed by atoms with van der Waals surface area (Å²) in [7, 11) is 5.54. The van der Waals surface area contributed by atoms with Crippen LogP contribution in [-0.2, 0) is 19.6 Å². The van der Waals surface area contributed by atoms with Gasteiger partial charge in [-0.3, -0.25) is 9.48 Å². The van der Waals surface area contributed by atoms with Gasteiger partial charge in [-0.25, -0.2) is 4.68 Å². The molecule has 0 saturated carbocycles. The lowest BCUT2D eigenvalue weighted by molar-refractivity contribution is -0.137. The van der Waals surface area contributed by atoms with Gasteiger partial charge in [-0.05, 0) is 75.8 Å². The number of hydrogen-bond donors (Lipinski definition) is 1. The Morgan fingerprint density at radius 1 is 1.11 bits per heavy atom. The van der Waals surface area contributed by atoms with E-state index in [1.54, 1.807) is 46.0 Å². The molecule has 2 aromatic heterocycles. The zero-order chi connectivity index (χ0) is 26.9. The molecule has 194 valence electrons. The predicted molar refractivity (Wildman–Crippen MR) is 135 cm³/mol. The molecule has 0 aliphatic rings. The second kappa shape index (κ2) is 10.2. The van der Waals surface area contributed by atoms with Gasteiger partial charge < -0.3 is 10.2 Å². The van der Waals surface area contributed by atoms with Crippen LogP contribution in [0.4, 0.5) is 18.9 Å². The first-order chi connectivity index (χ1) is 17.4. The first-order valence-corrected chi connectivity index (χ1v) is 11.6. The number of alkyl halides is 3. The van der Waals surface area contributed by atoms with Crippen molar-refractivity contribution in [3.05, 3.63) is 76.7 Å². The third-order valence-corrected chi connectivity index (χ3v) is 6.15. The van der Waals surface area contributed by atoms with Crippen LogP contribution in [0.15, 0.2) is 48.8 Å². The molecule has 4 rings (SSSR count). The molecule has 0 aliphatic carbocycles. The van der Waals surface area contributed by atoms with E-state index < -0.39 is 17.6 Å². The summed E-state index contributed by atoms with van der Waals surface area (Å²) in [5, 5.41) is 15.3. The van der Waals surface area contributed by atoms with Crippen LogP contribution in [0.2, 0.25) is 0 Å². The summed E-state index contributed by atoms with van der Waals surface area (Å²) >= 11 is 0. The molecule has 2 aromatic carbocycles. The molecule has 4 aromatic rings. The van der Waals surface area contributed by atoms with Crippen molar-refractivity contribution < 1.29 is 18.0 Å². The number of halogens is 3. The number of aromatic nitrogens is 5. The minimum atomic E-state index is -4.53. The van der Waals surface area contributed by atoms with Crippen LogP contribution in [0, 0.1) is 13.8 Å². The molecule has 8 nitrogen and oxygen atoms in total. The lowest BCUT2D eigenvalue weighted by Crippen LogP contribution is -2.17. The van der Waals surface area contributed by atoms with E-state index in [1.165, 1.54) is 0 Å². The Bertz CT molecular complexity index is 1440. The quantitative estimate of drug-likeness (QED) is 0.390. The molecule has 0 aliphatic heterocycles. The van der Waals surface area contributed by atoms with Crippen LogP contribution in [0.25, 0.3) is 16.9 Å². The zero-order valence-corrected chi connectivity index (χ0v) is 21.3. The minimum absolute atomic E-state index is 0.0887. The summed E-state index contributed by atoms with van der Waals surface area (Å²) in [4.78, 5) is 15.0. The number of hydrogen-bond acceptors (Lipinski definition) is 5. The van der Waals surface area contributed by atoms with Gasteiger partial charge in [-0.1, -0.05) is 11.3 Å². The number of anilines is 1. The van der Waals surface area contributed by atoms with E-state index in [-0.39, 0.29) is 11.3 Å². The van der Waals surface area contributed by atoms with Gasteiger partial charge in [0.1, 0.15) is 5.69 Å². The van der Waals surface area contributed by atoms with Crippen LogP contribution in [0.5, 0.6) is 0 Å². The standard InChI is InChI=1S/C26H28F3N7O/c1-16-6-7-19(12-24(16)36-15-23(32-33-36)22-14-30-35(5)17(22)2)25(37)31-21-11-18(8-9-34(3)4)10-20(13-21)26(27,28)29/h6-7,10-15H,8-9H2,1-5H3,(H,31,37). The van der Waals surface area contributed by atoms with Crippen molar-refractivity contribution in [3.8, 4) is 16.9 Å². The van der Waals surface area contributed by atoms with Crippen LogP contribution >= 0.6 is 0 Å². The molecule has 0 fully saturated rings. The number of benzene rings is 2. The molecule has 37 heavy (non-hydrogen) atoms. The number of carbonyl (C=O) groups is 1. The van der Waals surface area contributed by atoms with Crippen molar-refractivity contribution in [2.75, 3.05) is 26.0 Å². The lowest BCUT2D eigenvalue weighted by atomic mass is 10.1. The molecular weight excluding hydrogens is 483 g/mol. The maximum absolute atomic E-state index is 13.5. The van der Waals surface area contributed by atoms with Crippen LogP contribution in [-0.4, -0.2) is 56.2 Å². The highest BCUT2D eigenvalue weighted by molar-refractivity contribution is 6.04. The summed E-state index contributed by atoms with van der Waals surface area (Å²) in [6.45, 7) is 4.38. The highest BCUT2D eigenvalue weighted by Crippen LogP contribution is 2.32. The second-order valence-electron chi connectivity index (χ2n) is 9.24. The van der Waals surface area contributed by atoms with E-state index in [4.69, 9.17) is 0 Å². The molecule has 11 heteroatoms. The summed E-state index contributed by atoms with van der Waals surface area (Å²) in [5.74, 6) is -0.525. The summed E-state index contributed by atoms with van der Waals surface area (Å²) < 4.78 is 43.8. The van der Waals surface area contributed by atoms with Crippen LogP contribution in [0.3, 0.4) is 0 Å². The van der Waals surface area contributed by atoms with Gasteiger partial charge in [0.2, 0.25) is 0 Å². The van der Waals surface area contributed by atoms with Gasteiger partial charge in [-0.2, -0.15) is 18.3 Å². The third-order valence-electron chi connectivity index (χ3n) is 6.15. The lowest BCUT2D eigenvalue weighted by Gasteiger charge is -2.15. The van der Waals surface area contributed by atoms with E-state index >= 15 is 0 Å². The van der Waals surface area contributed by atoms with E-state index in [9.17, 15) is 18.0 Å². The Hall–Kier alpha value is -3.99. The molecule has 0 saturated heterocycles. The Kier molecular flexibility index (Phi) is 7.17. The van der Waals surface area contributed by atoms with Gasteiger partial charge in [0.15, 0.2) is 0 Å². The monoisotopic (exact) mass is 511 g/mol. The Morgan fingerprint density at radius 2 is 1.86 bits per heavy atom. The van der Waals surface area contributed by atoms with Crippen molar-refractivity contribution in [2.24, 2.45) is 7.05 Å². The van der Waals surface area contributed by atoms with Crippen molar-refractivity contribution >= 4 is 11.6 Å². The van der Waals surface area contributed by atoms with E-state index in [0.717, 1.165) is 29.0 Å². The second-order valence-corrected chi connectivity index (χ2v) is 9.24. The fourth-order valence-corrected chi connectivity index (χ4v) is 3.88. The average Bonchev–Trinajstić information content (AvgIpc) is 3.44. The number of nitrogens with zero attached hydrogens (tertiary/aromatic N) is 6. The topological polar surface area (TPSA) is 80.9 Å². The molecule has 1 amide bonds. The van der Waals surface area contributed by atoms with Crippen LogP contribution in [0.1, 0.15) is 32.7 Å². The summed E-state index contributed by atoms with van der Waals surface area (Å²) in [5.41, 5.74) is 3.94. The zero-order valence-electron chi connectivity index (χ0n) is 21.3.